The lowest BCUT2D eigenvalue weighted by Gasteiger charge is -2.19. The number of rotatable bonds is 8. The van der Waals surface area contributed by atoms with Crippen molar-refractivity contribution < 1.29 is 19.1 Å². The summed E-state index contributed by atoms with van der Waals surface area (Å²) in [5, 5.41) is 2.88. The minimum atomic E-state index is -1.39. The van der Waals surface area contributed by atoms with Gasteiger partial charge >= 0.3 is 0 Å². The molecule has 1 N–H and O–H groups in total. The van der Waals surface area contributed by atoms with Crippen molar-refractivity contribution in [3.63, 3.8) is 0 Å². The molecule has 0 radical (unpaired) electrons. The van der Waals surface area contributed by atoms with Crippen molar-refractivity contribution in [3.8, 4) is 5.75 Å². The number of aromatic nitrogens is 4. The van der Waals surface area contributed by atoms with Crippen molar-refractivity contribution in [2.45, 2.75) is 19.9 Å². The molecule has 0 spiro atoms. The second-order valence-electron chi connectivity index (χ2n) is 7.47. The fourth-order valence-electron chi connectivity index (χ4n) is 3.52. The Bertz CT molecular complexity index is 1440. The summed E-state index contributed by atoms with van der Waals surface area (Å²) >= 11 is 12.2. The summed E-state index contributed by atoms with van der Waals surface area (Å²) in [6, 6.07) is 7.74. The number of ketones is 1. The number of aldehydes is 1. The molecule has 11 heteroatoms. The van der Waals surface area contributed by atoms with E-state index < -0.39 is 17.7 Å². The zero-order chi connectivity index (χ0) is 25.1. The van der Waals surface area contributed by atoms with Gasteiger partial charge in [0.2, 0.25) is 0 Å². The molecule has 2 heterocycles. The molecule has 0 saturated carbocycles. The highest BCUT2D eigenvalue weighted by atomic mass is 35.5. The molecule has 0 fully saturated rings. The topological polar surface area (TPSA) is 116 Å². The minimum Gasteiger partial charge on any atom is -0.494 e. The first-order valence-electron chi connectivity index (χ1n) is 10.5. The molecule has 2 aromatic carbocycles. The first-order chi connectivity index (χ1) is 16.8. The monoisotopic (exact) mass is 511 g/mol. The van der Waals surface area contributed by atoms with E-state index >= 15 is 0 Å². The number of imidazole rings is 1. The van der Waals surface area contributed by atoms with Crippen LogP contribution in [0.25, 0.3) is 11.2 Å². The number of halogens is 2. The Hall–Kier alpha value is -3.82. The van der Waals surface area contributed by atoms with Gasteiger partial charge in [0.25, 0.3) is 5.91 Å². The number of amides is 1. The quantitative estimate of drug-likeness (QED) is 0.206. The van der Waals surface area contributed by atoms with Crippen LogP contribution in [0.4, 0.5) is 5.69 Å². The summed E-state index contributed by atoms with van der Waals surface area (Å²) in [5.74, 6) is -0.627. The SMILES string of the molecule is CCOc1ccc(C(=O)C(C(=O)Nc2cc(C=O)c(Cl)cc2Cl)n2cnc3c(C)ncnc32)cc1. The smallest absolute Gasteiger partial charge is 0.255 e. The fourth-order valence-corrected chi connectivity index (χ4v) is 4.00. The molecule has 4 rings (SSSR count). The van der Waals surface area contributed by atoms with Crippen LogP contribution in [-0.2, 0) is 4.79 Å². The summed E-state index contributed by atoms with van der Waals surface area (Å²) in [5.41, 5.74) is 1.90. The van der Waals surface area contributed by atoms with Crippen LogP contribution in [-0.4, -0.2) is 44.1 Å². The third-order valence-corrected chi connectivity index (χ3v) is 5.88. The Labute approximate surface area is 210 Å². The van der Waals surface area contributed by atoms with Crippen molar-refractivity contribution in [2.75, 3.05) is 11.9 Å². The maximum Gasteiger partial charge on any atom is 0.255 e. The largest absolute Gasteiger partial charge is 0.494 e. The summed E-state index contributed by atoms with van der Waals surface area (Å²) in [6.07, 6.45) is 3.24. The van der Waals surface area contributed by atoms with E-state index in [4.69, 9.17) is 27.9 Å². The van der Waals surface area contributed by atoms with E-state index in [1.807, 2.05) is 6.92 Å². The van der Waals surface area contributed by atoms with E-state index in [1.54, 1.807) is 31.2 Å². The van der Waals surface area contributed by atoms with Crippen LogP contribution in [0, 0.1) is 6.92 Å². The number of fused-ring (bicyclic) bond motifs is 1. The highest BCUT2D eigenvalue weighted by molar-refractivity contribution is 6.38. The number of anilines is 1. The molecule has 1 amide bonds. The van der Waals surface area contributed by atoms with E-state index in [2.05, 4.69) is 20.3 Å². The standard InChI is InChI=1S/C24H19Cl2N5O4/c1-3-35-16-6-4-14(5-7-16)22(33)21(31-12-29-20-13(2)27-11-28-23(20)31)24(34)30-19-8-15(10-32)17(25)9-18(19)26/h4-12,21H,3H2,1-2H3,(H,30,34). The molecule has 35 heavy (non-hydrogen) atoms. The fraction of sp³-hybridized carbons (Fsp3) is 0.167. The normalized spacial score (nSPS) is 11.8. The summed E-state index contributed by atoms with van der Waals surface area (Å²) in [4.78, 5) is 51.1. The maximum absolute atomic E-state index is 13.6. The van der Waals surface area contributed by atoms with Crippen molar-refractivity contribution in [2.24, 2.45) is 0 Å². The van der Waals surface area contributed by atoms with Gasteiger partial charge in [-0.2, -0.15) is 0 Å². The molecule has 0 aliphatic rings. The van der Waals surface area contributed by atoms with E-state index in [0.29, 0.717) is 35.5 Å². The number of hydrogen-bond donors (Lipinski definition) is 1. The first kappa shape index (κ1) is 24.3. The number of nitrogens with zero attached hydrogens (tertiary/aromatic N) is 4. The number of carbonyl (C=O) groups is 3. The van der Waals surface area contributed by atoms with Crippen LogP contribution in [0.5, 0.6) is 5.75 Å². The van der Waals surface area contributed by atoms with Crippen molar-refractivity contribution >= 4 is 58.0 Å². The van der Waals surface area contributed by atoms with Crippen LogP contribution in [0.15, 0.2) is 49.1 Å². The lowest BCUT2D eigenvalue weighted by Crippen LogP contribution is -2.32. The predicted molar refractivity (Wildman–Crippen MR) is 132 cm³/mol. The van der Waals surface area contributed by atoms with E-state index in [-0.39, 0.29) is 26.9 Å². The molecular weight excluding hydrogens is 493 g/mol. The van der Waals surface area contributed by atoms with Gasteiger partial charge in [0.05, 0.1) is 34.4 Å². The lowest BCUT2D eigenvalue weighted by molar-refractivity contribution is -0.118. The van der Waals surface area contributed by atoms with Gasteiger partial charge in [-0.3, -0.25) is 19.0 Å². The highest BCUT2D eigenvalue weighted by Crippen LogP contribution is 2.30. The van der Waals surface area contributed by atoms with Gasteiger partial charge in [-0.25, -0.2) is 15.0 Å². The average Bonchev–Trinajstić information content (AvgIpc) is 3.26. The highest BCUT2D eigenvalue weighted by Gasteiger charge is 2.32. The van der Waals surface area contributed by atoms with E-state index in [1.165, 1.54) is 29.4 Å². The van der Waals surface area contributed by atoms with Gasteiger partial charge < -0.3 is 10.1 Å². The molecule has 0 saturated heterocycles. The Balaban J connectivity index is 1.78. The van der Waals surface area contributed by atoms with Gasteiger partial charge in [0.15, 0.2) is 23.8 Å². The zero-order valence-electron chi connectivity index (χ0n) is 18.7. The summed E-state index contributed by atoms with van der Waals surface area (Å²) < 4.78 is 6.82. The molecular formula is C24H19Cl2N5O4. The number of aryl methyl sites for hydroxylation is 1. The average molecular weight is 512 g/mol. The number of Topliss-reactive ketones (excluding diaryl/α,β-unsaturated/α-hetero) is 1. The second kappa shape index (κ2) is 10.2. The van der Waals surface area contributed by atoms with E-state index in [9.17, 15) is 14.4 Å². The van der Waals surface area contributed by atoms with Gasteiger partial charge in [-0.05, 0) is 50.2 Å². The second-order valence-corrected chi connectivity index (χ2v) is 8.28. The van der Waals surface area contributed by atoms with Crippen molar-refractivity contribution in [1.29, 1.82) is 0 Å². The molecule has 0 aliphatic heterocycles. The molecule has 4 aromatic rings. The minimum absolute atomic E-state index is 0.106. The zero-order valence-corrected chi connectivity index (χ0v) is 20.2. The van der Waals surface area contributed by atoms with Crippen LogP contribution in [0.2, 0.25) is 10.0 Å². The molecule has 1 unspecified atom stereocenters. The Kier molecular flexibility index (Phi) is 7.09. The van der Waals surface area contributed by atoms with Crippen molar-refractivity contribution in [3.05, 3.63) is 75.9 Å². The van der Waals surface area contributed by atoms with Crippen molar-refractivity contribution in [1.82, 2.24) is 19.5 Å². The third kappa shape index (κ3) is 4.87. The van der Waals surface area contributed by atoms with Gasteiger partial charge in [0, 0.05) is 11.1 Å². The van der Waals surface area contributed by atoms with Gasteiger partial charge in [-0.1, -0.05) is 23.2 Å². The Morgan fingerprint density at radius 2 is 1.86 bits per heavy atom. The molecule has 0 aliphatic carbocycles. The molecule has 1 atom stereocenters. The lowest BCUT2D eigenvalue weighted by atomic mass is 10.0. The number of hydrogen-bond acceptors (Lipinski definition) is 7. The summed E-state index contributed by atoms with van der Waals surface area (Å²) in [6.45, 7) is 4.08. The summed E-state index contributed by atoms with van der Waals surface area (Å²) in [7, 11) is 0. The third-order valence-electron chi connectivity index (χ3n) is 5.24. The number of ether oxygens (including phenoxy) is 1. The van der Waals surface area contributed by atoms with Crippen LogP contribution < -0.4 is 10.1 Å². The number of carbonyl (C=O) groups excluding carboxylic acids is 3. The Morgan fingerprint density at radius 1 is 1.11 bits per heavy atom. The van der Waals surface area contributed by atoms with Crippen LogP contribution >= 0.6 is 23.2 Å². The van der Waals surface area contributed by atoms with Crippen LogP contribution in [0.3, 0.4) is 0 Å². The van der Waals surface area contributed by atoms with Gasteiger partial charge in [0.1, 0.15) is 17.6 Å². The van der Waals surface area contributed by atoms with E-state index in [0.717, 1.165) is 0 Å². The first-order valence-corrected chi connectivity index (χ1v) is 11.3. The Morgan fingerprint density at radius 3 is 2.54 bits per heavy atom. The predicted octanol–water partition coefficient (Wildman–Crippen LogP) is 4.72. The maximum atomic E-state index is 13.6. The van der Waals surface area contributed by atoms with Gasteiger partial charge in [-0.15, -0.1) is 0 Å². The number of benzene rings is 2. The number of nitrogens with one attached hydrogen (secondary N) is 1. The molecule has 178 valence electrons. The molecule has 2 aromatic heterocycles. The van der Waals surface area contributed by atoms with Crippen LogP contribution in [0.1, 0.15) is 39.4 Å². The molecule has 9 nitrogen and oxygen atoms in total. The molecule has 0 bridgehead atoms.